The number of nitrogens with zero attached hydrogens (tertiary/aromatic N) is 3. The highest BCUT2D eigenvalue weighted by Crippen LogP contribution is 2.26. The number of amides is 1. The number of carbonyl (C=O) groups is 1. The number of fused-ring (bicyclic) bond motifs is 3. The van der Waals surface area contributed by atoms with Crippen LogP contribution in [-0.4, -0.2) is 45.9 Å². The van der Waals surface area contributed by atoms with E-state index in [1.54, 1.807) is 6.33 Å². The van der Waals surface area contributed by atoms with Gasteiger partial charge in [0.1, 0.15) is 5.69 Å². The minimum Gasteiger partial charge on any atom is -0.347 e. The maximum atomic E-state index is 12.4. The minimum atomic E-state index is -0.0504. The Balaban J connectivity index is 1.52. The van der Waals surface area contributed by atoms with Gasteiger partial charge in [0.15, 0.2) is 0 Å². The molecule has 2 aliphatic rings. The summed E-state index contributed by atoms with van der Waals surface area (Å²) in [5, 5.41) is 3.16. The Hall–Kier alpha value is -1.88. The van der Waals surface area contributed by atoms with Crippen molar-refractivity contribution in [2.75, 3.05) is 19.6 Å². The second-order valence-electron chi connectivity index (χ2n) is 6.39. The maximum absolute atomic E-state index is 12.4. The van der Waals surface area contributed by atoms with Gasteiger partial charge in [0.2, 0.25) is 0 Å². The predicted molar refractivity (Wildman–Crippen MR) is 80.3 cm³/mol. The molecular formula is C16H20N4O. The first kappa shape index (κ1) is 12.8. The summed E-state index contributed by atoms with van der Waals surface area (Å²) >= 11 is 0. The van der Waals surface area contributed by atoms with Crippen molar-refractivity contribution in [3.05, 3.63) is 35.9 Å². The molecule has 1 amide bonds. The molecule has 4 rings (SSSR count). The van der Waals surface area contributed by atoms with Crippen molar-refractivity contribution in [1.82, 2.24) is 19.6 Å². The van der Waals surface area contributed by atoms with Gasteiger partial charge in [0.25, 0.3) is 5.91 Å². The van der Waals surface area contributed by atoms with E-state index < -0.39 is 0 Å². The summed E-state index contributed by atoms with van der Waals surface area (Å²) in [4.78, 5) is 19.2. The topological polar surface area (TPSA) is 49.6 Å². The third-order valence-electron chi connectivity index (χ3n) is 4.80. The zero-order chi connectivity index (χ0) is 14.4. The van der Waals surface area contributed by atoms with Crippen LogP contribution in [0, 0.1) is 12.8 Å². The van der Waals surface area contributed by atoms with Crippen molar-refractivity contribution in [2.45, 2.75) is 25.8 Å². The van der Waals surface area contributed by atoms with Gasteiger partial charge < -0.3 is 14.6 Å². The Bertz CT molecular complexity index is 681. The average Bonchev–Trinajstić information content (AvgIpc) is 3.02. The molecule has 2 unspecified atom stereocenters. The molecule has 0 saturated carbocycles. The molecule has 2 aliphatic heterocycles. The molecule has 5 nitrogen and oxygen atoms in total. The van der Waals surface area contributed by atoms with E-state index in [9.17, 15) is 4.79 Å². The molecular weight excluding hydrogens is 264 g/mol. The molecule has 2 aromatic heterocycles. The van der Waals surface area contributed by atoms with E-state index in [1.165, 1.54) is 19.5 Å². The highest BCUT2D eigenvalue weighted by molar-refractivity contribution is 5.93. The lowest BCUT2D eigenvalue weighted by atomic mass is 9.97. The monoisotopic (exact) mass is 284 g/mol. The van der Waals surface area contributed by atoms with Gasteiger partial charge in [-0.1, -0.05) is 0 Å². The molecule has 3 atom stereocenters. The lowest BCUT2D eigenvalue weighted by Gasteiger charge is -2.30. The smallest absolute Gasteiger partial charge is 0.270 e. The van der Waals surface area contributed by atoms with E-state index in [-0.39, 0.29) is 11.9 Å². The van der Waals surface area contributed by atoms with Crippen LogP contribution in [0.3, 0.4) is 0 Å². The summed E-state index contributed by atoms with van der Waals surface area (Å²) in [7, 11) is 0. The fraction of sp³-hybridized carbons (Fsp3) is 0.500. The number of hydrogen-bond acceptors (Lipinski definition) is 3. The Morgan fingerprint density at radius 2 is 2.33 bits per heavy atom. The first-order valence-corrected chi connectivity index (χ1v) is 7.65. The van der Waals surface area contributed by atoms with Crippen molar-refractivity contribution in [3.8, 4) is 0 Å². The second-order valence-corrected chi connectivity index (χ2v) is 6.39. The molecule has 2 aromatic rings. The van der Waals surface area contributed by atoms with Crippen LogP contribution in [-0.2, 0) is 0 Å². The van der Waals surface area contributed by atoms with Crippen LogP contribution in [0.4, 0.5) is 0 Å². The molecule has 21 heavy (non-hydrogen) atoms. The largest absolute Gasteiger partial charge is 0.347 e. The summed E-state index contributed by atoms with van der Waals surface area (Å²) < 4.78 is 1.94. The van der Waals surface area contributed by atoms with Crippen LogP contribution in [0.25, 0.3) is 5.52 Å². The SMILES string of the molecule is Cc1ccn2cnc(C(=O)N[C@@H]3CC4CCN(C4)C3)cc12. The van der Waals surface area contributed by atoms with Crippen molar-refractivity contribution in [3.63, 3.8) is 0 Å². The highest BCUT2D eigenvalue weighted by atomic mass is 16.1. The first-order valence-electron chi connectivity index (χ1n) is 7.65. The summed E-state index contributed by atoms with van der Waals surface area (Å²) in [6.45, 7) is 5.42. The van der Waals surface area contributed by atoms with Crippen LogP contribution >= 0.6 is 0 Å². The fourth-order valence-corrected chi connectivity index (χ4v) is 3.69. The third-order valence-corrected chi connectivity index (χ3v) is 4.80. The summed E-state index contributed by atoms with van der Waals surface area (Å²) in [5.74, 6) is 0.706. The van der Waals surface area contributed by atoms with Crippen LogP contribution < -0.4 is 5.32 Å². The molecule has 5 heteroatoms. The van der Waals surface area contributed by atoms with E-state index in [0.29, 0.717) is 5.69 Å². The van der Waals surface area contributed by atoms with Crippen molar-refractivity contribution in [2.24, 2.45) is 5.92 Å². The fourth-order valence-electron chi connectivity index (χ4n) is 3.69. The van der Waals surface area contributed by atoms with Gasteiger partial charge in [-0.2, -0.15) is 0 Å². The van der Waals surface area contributed by atoms with E-state index >= 15 is 0 Å². The van der Waals surface area contributed by atoms with Gasteiger partial charge in [-0.3, -0.25) is 4.79 Å². The zero-order valence-electron chi connectivity index (χ0n) is 12.2. The van der Waals surface area contributed by atoms with Crippen LogP contribution in [0.1, 0.15) is 28.9 Å². The number of aryl methyl sites for hydroxylation is 1. The van der Waals surface area contributed by atoms with Crippen molar-refractivity contribution in [1.29, 1.82) is 0 Å². The van der Waals surface area contributed by atoms with E-state index in [4.69, 9.17) is 0 Å². The summed E-state index contributed by atoms with van der Waals surface area (Å²) in [6.07, 6.45) is 6.06. The molecule has 1 N–H and O–H groups in total. The van der Waals surface area contributed by atoms with E-state index in [2.05, 4.69) is 15.2 Å². The number of aromatic nitrogens is 2. The van der Waals surface area contributed by atoms with Gasteiger partial charge in [-0.25, -0.2) is 4.98 Å². The summed E-state index contributed by atoms with van der Waals surface area (Å²) in [5.41, 5.74) is 2.72. The number of nitrogens with one attached hydrogen (secondary N) is 1. The standard InChI is InChI=1S/C16H20N4O/c1-11-2-5-20-10-17-14(7-15(11)20)16(21)18-13-6-12-3-4-19(8-12)9-13/h2,5,7,10,12-13H,3-4,6,8-9H2,1H3,(H,18,21)/t12?,13-/m1/s1. The highest BCUT2D eigenvalue weighted by Gasteiger charge is 2.33. The average molecular weight is 284 g/mol. The number of rotatable bonds is 2. The third kappa shape index (κ3) is 2.31. The number of carbonyl (C=O) groups excluding carboxylic acids is 1. The second kappa shape index (κ2) is 4.84. The lowest BCUT2D eigenvalue weighted by Crippen LogP contribution is -2.47. The number of hydrogen-bond donors (Lipinski definition) is 1. The molecule has 0 radical (unpaired) electrons. The lowest BCUT2D eigenvalue weighted by molar-refractivity contribution is 0.0904. The predicted octanol–water partition coefficient (Wildman–Crippen LogP) is 1.47. The molecule has 0 spiro atoms. The number of piperidine rings is 1. The molecule has 2 fully saturated rings. The summed E-state index contributed by atoms with van der Waals surface area (Å²) in [6, 6.07) is 4.18. The normalized spacial score (nSPS) is 28.0. The Morgan fingerprint density at radius 3 is 3.19 bits per heavy atom. The Kier molecular flexibility index (Phi) is 2.96. The van der Waals surface area contributed by atoms with E-state index in [0.717, 1.165) is 30.0 Å². The van der Waals surface area contributed by atoms with Gasteiger partial charge >= 0.3 is 0 Å². The first-order chi connectivity index (χ1) is 10.2. The molecule has 110 valence electrons. The Labute approximate surface area is 124 Å². The zero-order valence-corrected chi connectivity index (χ0v) is 12.2. The molecule has 2 bridgehead atoms. The van der Waals surface area contributed by atoms with Gasteiger partial charge in [-0.15, -0.1) is 0 Å². The minimum absolute atomic E-state index is 0.0504. The van der Waals surface area contributed by atoms with Crippen molar-refractivity contribution >= 4 is 11.4 Å². The van der Waals surface area contributed by atoms with Crippen LogP contribution in [0.15, 0.2) is 24.7 Å². The van der Waals surface area contributed by atoms with Gasteiger partial charge in [0.05, 0.1) is 11.8 Å². The van der Waals surface area contributed by atoms with Gasteiger partial charge in [-0.05, 0) is 49.9 Å². The molecule has 0 aliphatic carbocycles. The van der Waals surface area contributed by atoms with Crippen LogP contribution in [0.2, 0.25) is 0 Å². The maximum Gasteiger partial charge on any atom is 0.270 e. The van der Waals surface area contributed by atoms with Crippen molar-refractivity contribution < 1.29 is 4.79 Å². The quantitative estimate of drug-likeness (QED) is 0.908. The van der Waals surface area contributed by atoms with Gasteiger partial charge in [0, 0.05) is 25.3 Å². The molecule has 0 aromatic carbocycles. The Morgan fingerprint density at radius 1 is 1.43 bits per heavy atom. The molecule has 2 saturated heterocycles. The molecule has 4 heterocycles. The van der Waals surface area contributed by atoms with Crippen LogP contribution in [0.5, 0.6) is 0 Å². The van der Waals surface area contributed by atoms with E-state index in [1.807, 2.05) is 29.7 Å².